The molecule has 3 N–H and O–H groups in total. The molecule has 0 spiro atoms. The van der Waals surface area contributed by atoms with E-state index in [-0.39, 0.29) is 11.8 Å². The van der Waals surface area contributed by atoms with Crippen LogP contribution in [0.25, 0.3) is 10.9 Å². The Morgan fingerprint density at radius 3 is 3.00 bits per heavy atom. The highest BCUT2D eigenvalue weighted by Gasteiger charge is 2.25. The molecular weight excluding hydrogens is 284 g/mol. The minimum Gasteiger partial charge on any atom is -0.481 e. The number of aromatic nitrogens is 2. The predicted molar refractivity (Wildman–Crippen MR) is 82.1 cm³/mol. The molecule has 7 heteroatoms. The fourth-order valence-electron chi connectivity index (χ4n) is 2.91. The second-order valence-electron chi connectivity index (χ2n) is 5.50. The van der Waals surface area contributed by atoms with Gasteiger partial charge in [0.25, 0.3) is 5.91 Å². The molecule has 22 heavy (non-hydrogen) atoms. The fourth-order valence-corrected chi connectivity index (χ4v) is 2.91. The van der Waals surface area contributed by atoms with Gasteiger partial charge in [0.2, 0.25) is 0 Å². The smallest absolute Gasteiger partial charge is 0.308 e. The number of hydrogen-bond acceptors (Lipinski definition) is 4. The summed E-state index contributed by atoms with van der Waals surface area (Å²) < 4.78 is 0. The van der Waals surface area contributed by atoms with Crippen molar-refractivity contribution in [2.45, 2.75) is 12.8 Å². The van der Waals surface area contributed by atoms with Gasteiger partial charge in [-0.15, -0.1) is 0 Å². The van der Waals surface area contributed by atoms with Gasteiger partial charge < -0.3 is 15.3 Å². The standard InChI is InChI=1S/C15H18N4O3/c1-16-14(20)13-11-5-4-10(7-12(11)17-18-13)19-6-2-3-9(8-19)15(21)22/h4-5,7,9H,2-3,6,8H2,1H3,(H,16,20)(H,17,18)(H,21,22). The number of fused-ring (bicyclic) bond motifs is 1. The molecule has 1 amide bonds. The summed E-state index contributed by atoms with van der Waals surface area (Å²) in [5.74, 6) is -1.30. The Bertz CT molecular complexity index is 725. The van der Waals surface area contributed by atoms with Crippen molar-refractivity contribution in [3.63, 3.8) is 0 Å². The summed E-state index contributed by atoms with van der Waals surface area (Å²) in [6.07, 6.45) is 1.58. The van der Waals surface area contributed by atoms with E-state index in [1.807, 2.05) is 18.2 Å². The summed E-state index contributed by atoms with van der Waals surface area (Å²) >= 11 is 0. The summed E-state index contributed by atoms with van der Waals surface area (Å²) in [4.78, 5) is 25.0. The van der Waals surface area contributed by atoms with Gasteiger partial charge >= 0.3 is 5.97 Å². The van der Waals surface area contributed by atoms with Crippen LogP contribution in [0.1, 0.15) is 23.3 Å². The van der Waals surface area contributed by atoms with Crippen molar-refractivity contribution in [3.8, 4) is 0 Å². The molecule has 7 nitrogen and oxygen atoms in total. The van der Waals surface area contributed by atoms with Gasteiger partial charge in [-0.2, -0.15) is 5.10 Å². The van der Waals surface area contributed by atoms with Crippen molar-refractivity contribution in [3.05, 3.63) is 23.9 Å². The van der Waals surface area contributed by atoms with Crippen molar-refractivity contribution in [1.82, 2.24) is 15.5 Å². The number of hydrogen-bond donors (Lipinski definition) is 3. The first kappa shape index (κ1) is 14.4. The predicted octanol–water partition coefficient (Wildman–Crippen LogP) is 1.22. The number of rotatable bonds is 3. The molecule has 2 heterocycles. The molecule has 3 rings (SSSR count). The van der Waals surface area contributed by atoms with Gasteiger partial charge in [-0.3, -0.25) is 14.7 Å². The SMILES string of the molecule is CNC(=O)c1n[nH]c2cc(N3CCCC(C(=O)O)C3)ccc12. The highest BCUT2D eigenvalue weighted by Crippen LogP contribution is 2.27. The van der Waals surface area contributed by atoms with Crippen LogP contribution in [0.15, 0.2) is 18.2 Å². The number of amides is 1. The molecule has 116 valence electrons. The molecule has 0 radical (unpaired) electrons. The number of carboxylic acid groups (broad SMARTS) is 1. The zero-order chi connectivity index (χ0) is 15.7. The molecule has 1 atom stereocenters. The van der Waals surface area contributed by atoms with E-state index in [1.165, 1.54) is 0 Å². The van der Waals surface area contributed by atoms with E-state index in [2.05, 4.69) is 20.4 Å². The zero-order valence-electron chi connectivity index (χ0n) is 12.3. The van der Waals surface area contributed by atoms with E-state index >= 15 is 0 Å². The average Bonchev–Trinajstić information content (AvgIpc) is 2.97. The van der Waals surface area contributed by atoms with Crippen molar-refractivity contribution >= 4 is 28.5 Å². The zero-order valence-corrected chi connectivity index (χ0v) is 12.3. The van der Waals surface area contributed by atoms with Crippen LogP contribution in [0.3, 0.4) is 0 Å². The molecule has 1 aliphatic heterocycles. The molecule has 1 fully saturated rings. The van der Waals surface area contributed by atoms with Crippen molar-refractivity contribution in [2.24, 2.45) is 5.92 Å². The van der Waals surface area contributed by atoms with Gasteiger partial charge in [0.1, 0.15) is 0 Å². The van der Waals surface area contributed by atoms with Crippen LogP contribution >= 0.6 is 0 Å². The van der Waals surface area contributed by atoms with Crippen LogP contribution in [0, 0.1) is 5.92 Å². The number of nitrogens with one attached hydrogen (secondary N) is 2. The number of aliphatic carboxylic acids is 1. The number of carboxylic acids is 1. The Labute approximate surface area is 127 Å². The Balaban J connectivity index is 1.89. The molecule has 0 saturated carbocycles. The summed E-state index contributed by atoms with van der Waals surface area (Å²) in [7, 11) is 1.57. The summed E-state index contributed by atoms with van der Waals surface area (Å²) in [6.45, 7) is 1.35. The molecule has 0 aliphatic carbocycles. The van der Waals surface area contributed by atoms with Crippen molar-refractivity contribution in [1.29, 1.82) is 0 Å². The minimum atomic E-state index is -0.741. The van der Waals surface area contributed by atoms with E-state index in [1.54, 1.807) is 7.05 Å². The normalized spacial score (nSPS) is 18.4. The topological polar surface area (TPSA) is 98.3 Å². The van der Waals surface area contributed by atoms with Gasteiger partial charge in [-0.1, -0.05) is 0 Å². The lowest BCUT2D eigenvalue weighted by Crippen LogP contribution is -2.38. The quantitative estimate of drug-likeness (QED) is 0.792. The molecule has 0 bridgehead atoms. The molecule has 1 aromatic carbocycles. The maximum absolute atomic E-state index is 11.7. The third-order valence-corrected chi connectivity index (χ3v) is 4.12. The lowest BCUT2D eigenvalue weighted by Gasteiger charge is -2.32. The van der Waals surface area contributed by atoms with Crippen LogP contribution in [0.4, 0.5) is 5.69 Å². The maximum Gasteiger partial charge on any atom is 0.308 e. The number of benzene rings is 1. The van der Waals surface area contributed by atoms with Gasteiger partial charge in [0, 0.05) is 31.2 Å². The number of carbonyl (C=O) groups is 2. The van der Waals surface area contributed by atoms with E-state index in [4.69, 9.17) is 0 Å². The van der Waals surface area contributed by atoms with E-state index < -0.39 is 5.97 Å². The monoisotopic (exact) mass is 302 g/mol. The van der Waals surface area contributed by atoms with Gasteiger partial charge in [-0.05, 0) is 31.0 Å². The van der Waals surface area contributed by atoms with Gasteiger partial charge in [-0.25, -0.2) is 0 Å². The largest absolute Gasteiger partial charge is 0.481 e. The third-order valence-electron chi connectivity index (χ3n) is 4.12. The number of piperidine rings is 1. The Morgan fingerprint density at radius 2 is 2.27 bits per heavy atom. The van der Waals surface area contributed by atoms with Crippen LogP contribution in [-0.2, 0) is 4.79 Å². The van der Waals surface area contributed by atoms with E-state index in [0.717, 1.165) is 36.0 Å². The molecule has 1 unspecified atom stereocenters. The van der Waals surface area contributed by atoms with E-state index in [9.17, 15) is 14.7 Å². The average molecular weight is 302 g/mol. The summed E-state index contributed by atoms with van der Waals surface area (Å²) in [5.41, 5.74) is 2.09. The summed E-state index contributed by atoms with van der Waals surface area (Å²) in [5, 5.41) is 19.4. The van der Waals surface area contributed by atoms with Crippen LogP contribution in [0.2, 0.25) is 0 Å². The molecule has 1 aliphatic rings. The molecule has 1 saturated heterocycles. The number of H-pyrrole nitrogens is 1. The number of aromatic amines is 1. The van der Waals surface area contributed by atoms with Crippen molar-refractivity contribution < 1.29 is 14.7 Å². The first-order valence-corrected chi connectivity index (χ1v) is 7.28. The lowest BCUT2D eigenvalue weighted by atomic mass is 9.97. The Morgan fingerprint density at radius 1 is 1.45 bits per heavy atom. The van der Waals surface area contributed by atoms with Gasteiger partial charge in [0.15, 0.2) is 5.69 Å². The van der Waals surface area contributed by atoms with Crippen LogP contribution in [-0.4, -0.2) is 47.3 Å². The third kappa shape index (κ3) is 2.49. The molecular formula is C15H18N4O3. The van der Waals surface area contributed by atoms with E-state index in [0.29, 0.717) is 12.2 Å². The second-order valence-corrected chi connectivity index (χ2v) is 5.50. The fraction of sp³-hybridized carbons (Fsp3) is 0.400. The summed E-state index contributed by atoms with van der Waals surface area (Å²) in [6, 6.07) is 5.68. The second kappa shape index (κ2) is 5.67. The Kier molecular flexibility index (Phi) is 3.70. The minimum absolute atomic E-state index is 0.233. The molecule has 2 aromatic rings. The van der Waals surface area contributed by atoms with Crippen molar-refractivity contribution in [2.75, 3.05) is 25.0 Å². The first-order chi connectivity index (χ1) is 10.6. The van der Waals surface area contributed by atoms with Gasteiger partial charge in [0.05, 0.1) is 11.4 Å². The van der Waals surface area contributed by atoms with Crippen LogP contribution < -0.4 is 10.2 Å². The van der Waals surface area contributed by atoms with Crippen LogP contribution in [0.5, 0.6) is 0 Å². The highest BCUT2D eigenvalue weighted by atomic mass is 16.4. The number of anilines is 1. The Hall–Kier alpha value is -2.57. The number of nitrogens with zero attached hydrogens (tertiary/aromatic N) is 2. The number of carbonyl (C=O) groups excluding carboxylic acids is 1. The lowest BCUT2D eigenvalue weighted by molar-refractivity contribution is -0.141. The maximum atomic E-state index is 11.7. The first-order valence-electron chi connectivity index (χ1n) is 7.28. The highest BCUT2D eigenvalue weighted by molar-refractivity contribution is 6.05. The molecule has 1 aromatic heterocycles.